The molecule has 0 aromatic heterocycles. The highest BCUT2D eigenvalue weighted by Gasteiger charge is 2.21. The summed E-state index contributed by atoms with van der Waals surface area (Å²) >= 11 is 5.54. The molecule has 82 valence electrons. The van der Waals surface area contributed by atoms with E-state index in [0.717, 1.165) is 18.4 Å². The maximum absolute atomic E-state index is 11.1. The molecule has 0 bridgehead atoms. The Kier molecular flexibility index (Phi) is 2.87. The molecule has 0 aliphatic rings. The fourth-order valence-corrected chi connectivity index (χ4v) is 2.28. The molecule has 0 saturated heterocycles. The summed E-state index contributed by atoms with van der Waals surface area (Å²) < 4.78 is 22.2. The number of halogens is 1. The Morgan fingerprint density at radius 3 is 2.40 bits per heavy atom. The van der Waals surface area contributed by atoms with Crippen LogP contribution in [-0.4, -0.2) is 24.7 Å². The standard InChI is InChI=1S/C7H6ClNO5S/c1-15(13,14)7-3-6(10)5(9(11)12)2-4(7)8/h2-3,10H,1H3. The van der Waals surface area contributed by atoms with Gasteiger partial charge in [-0.3, -0.25) is 10.1 Å². The first-order valence-electron chi connectivity index (χ1n) is 3.60. The number of phenols is 1. The van der Waals surface area contributed by atoms with Crippen molar-refractivity contribution in [1.29, 1.82) is 0 Å². The second kappa shape index (κ2) is 3.67. The molecule has 6 nitrogen and oxygen atoms in total. The van der Waals surface area contributed by atoms with Crippen molar-refractivity contribution < 1.29 is 18.4 Å². The van der Waals surface area contributed by atoms with Crippen LogP contribution in [0.1, 0.15) is 0 Å². The Bertz CT molecular complexity index is 524. The van der Waals surface area contributed by atoms with Crippen LogP contribution < -0.4 is 0 Å². The van der Waals surface area contributed by atoms with Gasteiger partial charge in [0.15, 0.2) is 15.6 Å². The van der Waals surface area contributed by atoms with E-state index in [1.54, 1.807) is 0 Å². The molecule has 1 N–H and O–H groups in total. The highest BCUT2D eigenvalue weighted by Crippen LogP contribution is 2.34. The van der Waals surface area contributed by atoms with E-state index >= 15 is 0 Å². The van der Waals surface area contributed by atoms with Crippen LogP contribution >= 0.6 is 11.6 Å². The zero-order valence-corrected chi connectivity index (χ0v) is 9.04. The predicted octanol–water partition coefficient (Wildman–Crippen LogP) is 1.36. The summed E-state index contributed by atoms with van der Waals surface area (Å²) in [6, 6.07) is 1.56. The molecule has 0 aliphatic heterocycles. The lowest BCUT2D eigenvalue weighted by molar-refractivity contribution is -0.385. The van der Waals surface area contributed by atoms with E-state index in [9.17, 15) is 23.6 Å². The maximum atomic E-state index is 11.1. The van der Waals surface area contributed by atoms with Crippen LogP contribution in [0, 0.1) is 10.1 Å². The number of hydrogen-bond acceptors (Lipinski definition) is 5. The van der Waals surface area contributed by atoms with Gasteiger partial charge < -0.3 is 5.11 Å². The molecule has 8 heteroatoms. The van der Waals surface area contributed by atoms with Crippen molar-refractivity contribution in [1.82, 2.24) is 0 Å². The monoisotopic (exact) mass is 251 g/mol. The third-order valence-electron chi connectivity index (χ3n) is 1.63. The molecule has 0 amide bonds. The van der Waals surface area contributed by atoms with Crippen molar-refractivity contribution in [2.45, 2.75) is 4.90 Å². The van der Waals surface area contributed by atoms with Crippen molar-refractivity contribution in [3.8, 4) is 5.75 Å². The lowest BCUT2D eigenvalue weighted by Crippen LogP contribution is -1.99. The van der Waals surface area contributed by atoms with E-state index in [4.69, 9.17) is 11.6 Å². The molecule has 1 aromatic carbocycles. The summed E-state index contributed by atoms with van der Waals surface area (Å²) in [6.45, 7) is 0. The molecule has 15 heavy (non-hydrogen) atoms. The van der Waals surface area contributed by atoms with Crippen LogP contribution in [0.4, 0.5) is 5.69 Å². The minimum absolute atomic E-state index is 0.290. The van der Waals surface area contributed by atoms with Crippen molar-refractivity contribution in [2.75, 3.05) is 6.26 Å². The lowest BCUT2D eigenvalue weighted by atomic mass is 10.3. The molecule has 0 fully saturated rings. The SMILES string of the molecule is CS(=O)(=O)c1cc(O)c([N+](=O)[O-])cc1Cl. The van der Waals surface area contributed by atoms with E-state index < -0.39 is 26.2 Å². The Labute approximate surface area is 90.2 Å². The molecule has 0 saturated carbocycles. The third kappa shape index (κ3) is 2.37. The fraction of sp³-hybridized carbons (Fsp3) is 0.143. The normalized spacial score (nSPS) is 11.3. The number of nitrogens with zero attached hydrogens (tertiary/aromatic N) is 1. The topological polar surface area (TPSA) is 97.5 Å². The van der Waals surface area contributed by atoms with E-state index in [0.29, 0.717) is 0 Å². The van der Waals surface area contributed by atoms with Gasteiger partial charge in [-0.05, 0) is 0 Å². The first-order valence-corrected chi connectivity index (χ1v) is 5.87. The number of rotatable bonds is 2. The Morgan fingerprint density at radius 2 is 2.00 bits per heavy atom. The number of aromatic hydroxyl groups is 1. The second-order valence-electron chi connectivity index (χ2n) is 2.80. The zero-order chi connectivity index (χ0) is 11.8. The smallest absolute Gasteiger partial charge is 0.312 e. The summed E-state index contributed by atoms with van der Waals surface area (Å²) in [7, 11) is -3.61. The van der Waals surface area contributed by atoms with Gasteiger partial charge in [0, 0.05) is 18.4 Å². The van der Waals surface area contributed by atoms with Gasteiger partial charge in [0.25, 0.3) is 0 Å². The van der Waals surface area contributed by atoms with E-state index in [-0.39, 0.29) is 9.92 Å². The van der Waals surface area contributed by atoms with Gasteiger partial charge in [0.1, 0.15) is 0 Å². The van der Waals surface area contributed by atoms with Crippen LogP contribution in [0.25, 0.3) is 0 Å². The van der Waals surface area contributed by atoms with Crippen molar-refractivity contribution in [3.63, 3.8) is 0 Å². The number of nitro benzene ring substituents is 1. The highest BCUT2D eigenvalue weighted by atomic mass is 35.5. The van der Waals surface area contributed by atoms with Crippen molar-refractivity contribution >= 4 is 27.1 Å². The molecular weight excluding hydrogens is 246 g/mol. The minimum Gasteiger partial charge on any atom is -0.502 e. The van der Waals surface area contributed by atoms with Gasteiger partial charge in [-0.25, -0.2) is 8.42 Å². The number of phenolic OH excluding ortho intramolecular Hbond substituents is 1. The van der Waals surface area contributed by atoms with Crippen LogP contribution in [0.15, 0.2) is 17.0 Å². The van der Waals surface area contributed by atoms with E-state index in [2.05, 4.69) is 0 Å². The predicted molar refractivity (Wildman–Crippen MR) is 52.9 cm³/mol. The molecule has 0 heterocycles. The van der Waals surface area contributed by atoms with Crippen molar-refractivity contribution in [2.24, 2.45) is 0 Å². The lowest BCUT2D eigenvalue weighted by Gasteiger charge is -2.02. The summed E-state index contributed by atoms with van der Waals surface area (Å²) in [5.74, 6) is -0.732. The summed E-state index contributed by atoms with van der Waals surface area (Å²) in [5.41, 5.74) is -0.632. The van der Waals surface area contributed by atoms with Gasteiger partial charge in [0.2, 0.25) is 0 Å². The molecule has 0 unspecified atom stereocenters. The molecule has 0 spiro atoms. The van der Waals surface area contributed by atoms with Crippen LogP contribution in [0.3, 0.4) is 0 Å². The first kappa shape index (κ1) is 11.7. The van der Waals surface area contributed by atoms with Gasteiger partial charge in [0.05, 0.1) is 14.8 Å². The Balaban J connectivity index is 3.52. The van der Waals surface area contributed by atoms with Gasteiger partial charge in [-0.1, -0.05) is 11.6 Å². The van der Waals surface area contributed by atoms with Crippen LogP contribution in [0.5, 0.6) is 5.75 Å². The molecule has 0 atom stereocenters. The second-order valence-corrected chi connectivity index (χ2v) is 5.19. The Morgan fingerprint density at radius 1 is 1.47 bits per heavy atom. The van der Waals surface area contributed by atoms with E-state index in [1.165, 1.54) is 0 Å². The zero-order valence-electron chi connectivity index (χ0n) is 7.47. The quantitative estimate of drug-likeness (QED) is 0.632. The summed E-state index contributed by atoms with van der Waals surface area (Å²) in [6.07, 6.45) is 0.888. The maximum Gasteiger partial charge on any atom is 0.312 e. The summed E-state index contributed by atoms with van der Waals surface area (Å²) in [5, 5.41) is 19.3. The van der Waals surface area contributed by atoms with Gasteiger partial charge in [-0.15, -0.1) is 0 Å². The summed E-state index contributed by atoms with van der Waals surface area (Å²) in [4.78, 5) is 9.18. The molecule has 1 rings (SSSR count). The van der Waals surface area contributed by atoms with Crippen LogP contribution in [-0.2, 0) is 9.84 Å². The van der Waals surface area contributed by atoms with Gasteiger partial charge in [-0.2, -0.15) is 0 Å². The first-order chi connectivity index (χ1) is 6.73. The average molecular weight is 252 g/mol. The molecule has 1 aromatic rings. The fourth-order valence-electron chi connectivity index (χ4n) is 0.963. The minimum atomic E-state index is -3.61. The van der Waals surface area contributed by atoms with Gasteiger partial charge >= 0.3 is 5.69 Å². The largest absolute Gasteiger partial charge is 0.502 e. The average Bonchev–Trinajstić information content (AvgIpc) is 2.06. The molecule has 0 aliphatic carbocycles. The highest BCUT2D eigenvalue weighted by molar-refractivity contribution is 7.90. The third-order valence-corrected chi connectivity index (χ3v) is 3.19. The number of hydrogen-bond donors (Lipinski definition) is 1. The number of benzene rings is 1. The Hall–Kier alpha value is -1.34. The van der Waals surface area contributed by atoms with Crippen LogP contribution in [0.2, 0.25) is 5.02 Å². The number of sulfone groups is 1. The number of nitro groups is 1. The molecule has 0 radical (unpaired) electrons. The molecular formula is C7H6ClNO5S. The van der Waals surface area contributed by atoms with E-state index in [1.807, 2.05) is 0 Å². The van der Waals surface area contributed by atoms with Crippen molar-refractivity contribution in [3.05, 3.63) is 27.3 Å².